The summed E-state index contributed by atoms with van der Waals surface area (Å²) in [4.78, 5) is 4.53. The number of aliphatic imine (C=N–C) groups is 1. The number of hydrogen-bond acceptors (Lipinski definition) is 3. The molecule has 1 aromatic heterocycles. The lowest BCUT2D eigenvalue weighted by molar-refractivity contribution is 0.535. The van der Waals surface area contributed by atoms with Crippen LogP contribution in [0.25, 0.3) is 0 Å². The van der Waals surface area contributed by atoms with Crippen LogP contribution < -0.4 is 5.32 Å². The first-order valence-electron chi connectivity index (χ1n) is 5.50. The van der Waals surface area contributed by atoms with Crippen LogP contribution in [0.3, 0.4) is 0 Å². The summed E-state index contributed by atoms with van der Waals surface area (Å²) in [5.41, 5.74) is 1.38. The molecule has 1 fully saturated rings. The molecule has 0 spiro atoms. The predicted octanol–water partition coefficient (Wildman–Crippen LogP) is 1.66. The summed E-state index contributed by atoms with van der Waals surface area (Å²) in [5, 5.41) is 8.70. The van der Waals surface area contributed by atoms with Crippen LogP contribution in [0.5, 0.6) is 0 Å². The van der Waals surface area contributed by atoms with E-state index in [2.05, 4.69) is 29.3 Å². The molecule has 1 aliphatic heterocycles. The minimum Gasteiger partial charge on any atom is -0.359 e. The molecule has 0 atom stereocenters. The van der Waals surface area contributed by atoms with Crippen LogP contribution >= 0.6 is 11.8 Å². The molecule has 1 aromatic rings. The van der Waals surface area contributed by atoms with Crippen LogP contribution in [0.1, 0.15) is 19.4 Å². The summed E-state index contributed by atoms with van der Waals surface area (Å²) in [6, 6.07) is 0. The first-order valence-corrected chi connectivity index (χ1v) is 6.48. The largest absolute Gasteiger partial charge is 0.359 e. The maximum atomic E-state index is 4.53. The number of aryl methyl sites for hydroxylation is 1. The topological polar surface area (TPSA) is 42.2 Å². The Bertz CT molecular complexity index is 394. The van der Waals surface area contributed by atoms with Gasteiger partial charge in [-0.05, 0) is 26.3 Å². The van der Waals surface area contributed by atoms with E-state index in [9.17, 15) is 0 Å². The molecule has 1 N–H and O–H groups in total. The van der Waals surface area contributed by atoms with E-state index in [0.717, 1.165) is 24.0 Å². The molecule has 0 bridgehead atoms. The monoisotopic (exact) mass is 238 g/mol. The van der Waals surface area contributed by atoms with Gasteiger partial charge in [-0.2, -0.15) is 5.10 Å². The molecular formula is C11H18N4S. The average molecular weight is 238 g/mol. The molecule has 0 radical (unpaired) electrons. The van der Waals surface area contributed by atoms with Gasteiger partial charge >= 0.3 is 0 Å². The highest BCUT2D eigenvalue weighted by Gasteiger charge is 2.26. The van der Waals surface area contributed by atoms with Crippen LogP contribution in [0.15, 0.2) is 17.4 Å². The third-order valence-corrected chi connectivity index (χ3v) is 3.73. The van der Waals surface area contributed by atoms with Crippen LogP contribution in [-0.4, -0.2) is 32.8 Å². The number of thioether (sulfide) groups is 1. The lowest BCUT2D eigenvalue weighted by Gasteiger charge is -2.15. The summed E-state index contributed by atoms with van der Waals surface area (Å²) in [7, 11) is 0. The van der Waals surface area contributed by atoms with E-state index in [1.165, 1.54) is 5.56 Å². The fraction of sp³-hybridized carbons (Fsp3) is 0.636. The van der Waals surface area contributed by atoms with Gasteiger partial charge in [0, 0.05) is 17.5 Å². The van der Waals surface area contributed by atoms with Crippen molar-refractivity contribution in [2.75, 3.05) is 12.3 Å². The zero-order valence-electron chi connectivity index (χ0n) is 10.0. The predicted molar refractivity (Wildman–Crippen MR) is 68.9 cm³/mol. The molecule has 0 aromatic carbocycles. The molecular weight excluding hydrogens is 220 g/mol. The van der Waals surface area contributed by atoms with Crippen molar-refractivity contribution in [1.29, 1.82) is 0 Å². The maximum Gasteiger partial charge on any atom is 0.157 e. The summed E-state index contributed by atoms with van der Waals surface area (Å²) in [6.07, 6.45) is 3.91. The van der Waals surface area contributed by atoms with Crippen LogP contribution in [0.2, 0.25) is 0 Å². The van der Waals surface area contributed by atoms with E-state index in [1.807, 2.05) is 24.0 Å². The number of hydrogen-bond donors (Lipinski definition) is 1. The number of rotatable bonds is 3. The Morgan fingerprint density at radius 3 is 3.00 bits per heavy atom. The normalized spacial score (nSPS) is 21.3. The number of nitrogens with one attached hydrogen (secondary N) is 1. The molecule has 0 aliphatic carbocycles. The number of aromatic nitrogens is 2. The van der Waals surface area contributed by atoms with Crippen LogP contribution in [0.4, 0.5) is 0 Å². The van der Waals surface area contributed by atoms with Gasteiger partial charge in [0.15, 0.2) is 5.17 Å². The smallest absolute Gasteiger partial charge is 0.157 e. The first kappa shape index (κ1) is 11.5. The maximum absolute atomic E-state index is 4.53. The van der Waals surface area contributed by atoms with Crippen molar-refractivity contribution < 1.29 is 0 Å². The quantitative estimate of drug-likeness (QED) is 0.871. The highest BCUT2D eigenvalue weighted by atomic mass is 32.2. The standard InChI is InChI=1S/C11H18N4S/c1-9-6-13-15(7-9)5-4-12-10-14-11(2,3)8-16-10/h6-7H,4-5,8H2,1-3H3,(H,12,14). The van der Waals surface area contributed by atoms with Gasteiger partial charge in [-0.25, -0.2) is 0 Å². The zero-order valence-corrected chi connectivity index (χ0v) is 10.8. The Balaban J connectivity index is 1.82. The first-order chi connectivity index (χ1) is 7.55. The fourth-order valence-electron chi connectivity index (χ4n) is 1.54. The second-order valence-corrected chi connectivity index (χ2v) is 5.73. The summed E-state index contributed by atoms with van der Waals surface area (Å²) >= 11 is 1.80. The Hall–Kier alpha value is -0.970. The SMILES string of the molecule is Cc1cnn(CCN=C2NC(C)(C)CS2)c1. The molecule has 2 heterocycles. The zero-order chi connectivity index (χ0) is 11.6. The molecule has 4 nitrogen and oxygen atoms in total. The minimum atomic E-state index is 0.186. The summed E-state index contributed by atoms with van der Waals surface area (Å²) < 4.78 is 1.93. The Morgan fingerprint density at radius 1 is 1.62 bits per heavy atom. The molecule has 5 heteroatoms. The summed E-state index contributed by atoms with van der Waals surface area (Å²) in [5.74, 6) is 1.09. The minimum absolute atomic E-state index is 0.186. The molecule has 2 rings (SSSR count). The molecule has 0 unspecified atom stereocenters. The van der Waals surface area contributed by atoms with Gasteiger partial charge < -0.3 is 5.32 Å². The van der Waals surface area contributed by atoms with Crippen molar-refractivity contribution in [2.45, 2.75) is 32.9 Å². The van der Waals surface area contributed by atoms with Gasteiger partial charge in [-0.3, -0.25) is 9.67 Å². The second kappa shape index (κ2) is 4.49. The van der Waals surface area contributed by atoms with Gasteiger partial charge in [0.05, 0.1) is 19.3 Å². The highest BCUT2D eigenvalue weighted by Crippen LogP contribution is 2.21. The van der Waals surface area contributed by atoms with E-state index in [4.69, 9.17) is 0 Å². The lowest BCUT2D eigenvalue weighted by atomic mass is 10.1. The van der Waals surface area contributed by atoms with Gasteiger partial charge in [-0.15, -0.1) is 0 Å². The Labute approximate surface area is 101 Å². The fourth-order valence-corrected chi connectivity index (χ4v) is 2.64. The second-order valence-electron chi connectivity index (χ2n) is 4.77. The molecule has 88 valence electrons. The highest BCUT2D eigenvalue weighted by molar-refractivity contribution is 8.14. The molecule has 0 amide bonds. The lowest BCUT2D eigenvalue weighted by Crippen LogP contribution is -2.37. The Morgan fingerprint density at radius 2 is 2.44 bits per heavy atom. The Kier molecular flexibility index (Phi) is 3.23. The van der Waals surface area contributed by atoms with E-state index < -0.39 is 0 Å². The number of amidine groups is 1. The third-order valence-electron chi connectivity index (χ3n) is 2.36. The average Bonchev–Trinajstić information content (AvgIpc) is 2.73. The van der Waals surface area contributed by atoms with Crippen LogP contribution in [0, 0.1) is 6.92 Å². The van der Waals surface area contributed by atoms with Crippen molar-refractivity contribution in [3.63, 3.8) is 0 Å². The van der Waals surface area contributed by atoms with Crippen molar-refractivity contribution in [3.8, 4) is 0 Å². The van der Waals surface area contributed by atoms with E-state index in [0.29, 0.717) is 0 Å². The van der Waals surface area contributed by atoms with Crippen LogP contribution in [-0.2, 0) is 6.54 Å². The van der Waals surface area contributed by atoms with E-state index >= 15 is 0 Å². The molecule has 0 saturated carbocycles. The van der Waals surface area contributed by atoms with Crippen molar-refractivity contribution in [2.24, 2.45) is 4.99 Å². The van der Waals surface area contributed by atoms with E-state index in [1.54, 1.807) is 11.8 Å². The van der Waals surface area contributed by atoms with Crippen molar-refractivity contribution >= 4 is 16.9 Å². The van der Waals surface area contributed by atoms with Crippen molar-refractivity contribution in [1.82, 2.24) is 15.1 Å². The molecule has 16 heavy (non-hydrogen) atoms. The van der Waals surface area contributed by atoms with Crippen molar-refractivity contribution in [3.05, 3.63) is 18.0 Å². The summed E-state index contributed by atoms with van der Waals surface area (Å²) in [6.45, 7) is 8.07. The van der Waals surface area contributed by atoms with Gasteiger partial charge in [0.2, 0.25) is 0 Å². The van der Waals surface area contributed by atoms with Gasteiger partial charge in [-0.1, -0.05) is 11.8 Å². The number of nitrogens with zero attached hydrogens (tertiary/aromatic N) is 3. The van der Waals surface area contributed by atoms with Gasteiger partial charge in [0.1, 0.15) is 0 Å². The third kappa shape index (κ3) is 3.01. The van der Waals surface area contributed by atoms with Gasteiger partial charge in [0.25, 0.3) is 0 Å². The molecule has 1 saturated heterocycles. The molecule has 1 aliphatic rings. The van der Waals surface area contributed by atoms with E-state index in [-0.39, 0.29) is 5.54 Å².